The molecule has 43 heavy (non-hydrogen) atoms. The average Bonchev–Trinajstić information content (AvgIpc) is 2.97. The Morgan fingerprint density at radius 1 is 0.419 bits per heavy atom. The summed E-state index contributed by atoms with van der Waals surface area (Å²) in [5, 5.41) is 35.1. The van der Waals surface area contributed by atoms with Gasteiger partial charge in [0.15, 0.2) is 4.08 Å². The third kappa shape index (κ3) is 15.9. The molecule has 12 heteroatoms. The number of hydrogen-bond acceptors (Lipinski definition) is 8. The first-order chi connectivity index (χ1) is 20.5. The Morgan fingerprint density at radius 2 is 0.628 bits per heavy atom. The molecule has 0 aliphatic rings. The van der Waals surface area contributed by atoms with Gasteiger partial charge in [0.05, 0.1) is 24.3 Å². The highest BCUT2D eigenvalue weighted by Crippen LogP contribution is 2.32. The molecule has 0 rings (SSSR count). The maximum absolute atomic E-state index is 14.1. The Labute approximate surface area is 262 Å². The molecular weight excluding hydrogens is 585 g/mol. The molecule has 0 fully saturated rings. The van der Waals surface area contributed by atoms with Gasteiger partial charge in [-0.2, -0.15) is 21.0 Å². The van der Waals surface area contributed by atoms with Crippen LogP contribution in [0.2, 0.25) is 0 Å². The van der Waals surface area contributed by atoms with Gasteiger partial charge in [0.2, 0.25) is 20.0 Å². The van der Waals surface area contributed by atoms with Crippen LogP contribution in [0.5, 0.6) is 0 Å². The molecule has 0 amide bonds. The van der Waals surface area contributed by atoms with E-state index in [-0.39, 0.29) is 26.2 Å². The Bertz CT molecular complexity index is 989. The van der Waals surface area contributed by atoms with E-state index in [2.05, 4.69) is 24.3 Å². The van der Waals surface area contributed by atoms with E-state index in [1.165, 1.54) is 22.5 Å². The number of nitriles is 4. The van der Waals surface area contributed by atoms with E-state index < -0.39 is 24.1 Å². The van der Waals surface area contributed by atoms with Gasteiger partial charge >= 0.3 is 0 Å². The quantitative estimate of drug-likeness (QED) is 0.0834. The predicted octanol–water partition coefficient (Wildman–Crippen LogP) is 6.88. The summed E-state index contributed by atoms with van der Waals surface area (Å²) in [5.74, 6) is 0. The molecule has 0 spiro atoms. The minimum Gasteiger partial charge on any atom is -0.210 e. The van der Waals surface area contributed by atoms with E-state index in [0.717, 1.165) is 77.0 Å². The van der Waals surface area contributed by atoms with Crippen LogP contribution in [0, 0.1) is 45.3 Å². The van der Waals surface area contributed by atoms with Crippen molar-refractivity contribution in [3.05, 3.63) is 0 Å². The molecule has 0 N–H and O–H groups in total. The molecule has 0 aliphatic carbocycles. The number of unbranched alkanes of at least 4 members (excludes halogenated alkanes) is 16. The fourth-order valence-electron chi connectivity index (χ4n) is 4.84. The third-order valence-electron chi connectivity index (χ3n) is 7.71. The Balaban J connectivity index is 5.80. The minimum absolute atomic E-state index is 0.226. The summed E-state index contributed by atoms with van der Waals surface area (Å²) in [6.07, 6.45) is 13.5. The molecule has 0 saturated carbocycles. The molecule has 0 saturated heterocycles. The molecule has 0 bridgehead atoms. The van der Waals surface area contributed by atoms with E-state index in [1.54, 1.807) is 0 Å². The highest BCUT2D eigenvalue weighted by Gasteiger charge is 2.52. The first kappa shape index (κ1) is 40.8. The molecule has 0 radical (unpaired) electrons. The van der Waals surface area contributed by atoms with Crippen LogP contribution in [-0.2, 0) is 20.0 Å². The zero-order valence-electron chi connectivity index (χ0n) is 26.6. The van der Waals surface area contributed by atoms with Gasteiger partial charge in [-0.1, -0.05) is 51.4 Å². The molecule has 10 nitrogen and oxygen atoms in total. The van der Waals surface area contributed by atoms with E-state index in [9.17, 15) is 16.8 Å². The fraction of sp³-hybridized carbons (Fsp3) is 0.871. The summed E-state index contributed by atoms with van der Waals surface area (Å²) >= 11 is 0. The summed E-state index contributed by atoms with van der Waals surface area (Å²) in [6.45, 7) is 3.51. The molecule has 0 aliphatic heterocycles. The standard InChI is InChI=1S/C31H54N6O4S2/c1-31(2,42(38,39)36(27-19-11-3-7-15-23-32)28-20-12-4-8-16-24-33)43(40,41)37(29-21-13-5-9-17-25-34)30-22-14-6-10-18-26-35/h3-22,27-30H2,1-2H3. The van der Waals surface area contributed by atoms with Crippen molar-refractivity contribution in [2.24, 2.45) is 0 Å². The second-order valence-electron chi connectivity index (χ2n) is 11.5. The van der Waals surface area contributed by atoms with Crippen molar-refractivity contribution < 1.29 is 16.8 Å². The van der Waals surface area contributed by atoms with Crippen LogP contribution in [-0.4, -0.2) is 55.7 Å². The van der Waals surface area contributed by atoms with Gasteiger partial charge in [-0.3, -0.25) is 0 Å². The van der Waals surface area contributed by atoms with Crippen LogP contribution >= 0.6 is 0 Å². The smallest absolute Gasteiger partial charge is 0.210 e. The number of rotatable bonds is 28. The van der Waals surface area contributed by atoms with Crippen LogP contribution in [0.3, 0.4) is 0 Å². The maximum Gasteiger partial charge on any atom is 0.235 e. The van der Waals surface area contributed by atoms with Crippen molar-refractivity contribution >= 4 is 20.0 Å². The highest BCUT2D eigenvalue weighted by molar-refractivity contribution is 8.08. The van der Waals surface area contributed by atoms with Gasteiger partial charge in [0.25, 0.3) is 0 Å². The highest BCUT2D eigenvalue weighted by atomic mass is 32.3. The van der Waals surface area contributed by atoms with Crippen molar-refractivity contribution in [3.8, 4) is 24.3 Å². The number of sulfonamides is 2. The normalized spacial score (nSPS) is 12.1. The lowest BCUT2D eigenvalue weighted by atomic mass is 10.1. The van der Waals surface area contributed by atoms with Crippen molar-refractivity contribution in [1.82, 2.24) is 8.61 Å². The molecule has 0 unspecified atom stereocenters. The lowest BCUT2D eigenvalue weighted by Crippen LogP contribution is -2.55. The molecule has 0 atom stereocenters. The van der Waals surface area contributed by atoms with Crippen molar-refractivity contribution in [2.45, 2.75) is 146 Å². The van der Waals surface area contributed by atoms with E-state index in [0.29, 0.717) is 51.4 Å². The molecular formula is C31H54N6O4S2. The summed E-state index contributed by atoms with van der Waals surface area (Å²) < 4.78 is 57.1. The third-order valence-corrected chi connectivity index (χ3v) is 13.5. The first-order valence-electron chi connectivity index (χ1n) is 16.0. The van der Waals surface area contributed by atoms with Gasteiger partial charge in [0, 0.05) is 51.9 Å². The van der Waals surface area contributed by atoms with E-state index in [1.807, 2.05) is 0 Å². The predicted molar refractivity (Wildman–Crippen MR) is 170 cm³/mol. The fourth-order valence-corrected chi connectivity index (χ4v) is 9.26. The first-order valence-corrected chi connectivity index (χ1v) is 18.9. The summed E-state index contributed by atoms with van der Waals surface area (Å²) in [6, 6.07) is 8.47. The van der Waals surface area contributed by atoms with Crippen LogP contribution in [0.15, 0.2) is 0 Å². The van der Waals surface area contributed by atoms with Gasteiger partial charge in [-0.15, -0.1) is 0 Å². The number of hydrogen-bond donors (Lipinski definition) is 0. The van der Waals surface area contributed by atoms with Gasteiger partial charge in [0.1, 0.15) is 0 Å². The van der Waals surface area contributed by atoms with Crippen molar-refractivity contribution in [3.63, 3.8) is 0 Å². The largest absolute Gasteiger partial charge is 0.235 e. The SMILES string of the molecule is CC(C)(S(=O)(=O)N(CCCCCCC#N)CCCCCCC#N)S(=O)(=O)N(CCCCCCC#N)CCCCCCC#N. The van der Waals surface area contributed by atoms with Crippen molar-refractivity contribution in [1.29, 1.82) is 21.0 Å². The average molecular weight is 639 g/mol. The molecule has 244 valence electrons. The lowest BCUT2D eigenvalue weighted by Gasteiger charge is -2.36. The second-order valence-corrected chi connectivity index (χ2v) is 16.7. The number of nitrogens with zero attached hydrogens (tertiary/aromatic N) is 6. The topological polar surface area (TPSA) is 170 Å². The Hall–Kier alpha value is -2.22. The van der Waals surface area contributed by atoms with Gasteiger partial charge < -0.3 is 0 Å². The maximum atomic E-state index is 14.1. The van der Waals surface area contributed by atoms with Crippen LogP contribution in [0.1, 0.15) is 142 Å². The minimum atomic E-state index is -4.26. The second kappa shape index (κ2) is 24.1. The summed E-state index contributed by atoms with van der Waals surface area (Å²) in [4.78, 5) is 0. The van der Waals surface area contributed by atoms with E-state index in [4.69, 9.17) is 21.0 Å². The zero-order chi connectivity index (χ0) is 32.5. The van der Waals surface area contributed by atoms with Crippen LogP contribution in [0.25, 0.3) is 0 Å². The Morgan fingerprint density at radius 3 is 0.837 bits per heavy atom. The van der Waals surface area contributed by atoms with Gasteiger partial charge in [-0.05, 0) is 65.2 Å². The Kier molecular flexibility index (Phi) is 22.9. The van der Waals surface area contributed by atoms with Crippen LogP contribution < -0.4 is 0 Å². The summed E-state index contributed by atoms with van der Waals surface area (Å²) in [7, 11) is -8.51. The van der Waals surface area contributed by atoms with Crippen molar-refractivity contribution in [2.75, 3.05) is 26.2 Å². The molecule has 0 aromatic carbocycles. The molecule has 0 aromatic heterocycles. The molecule has 0 heterocycles. The lowest BCUT2D eigenvalue weighted by molar-refractivity contribution is 0.362. The monoisotopic (exact) mass is 638 g/mol. The zero-order valence-corrected chi connectivity index (χ0v) is 28.2. The van der Waals surface area contributed by atoms with Gasteiger partial charge in [-0.25, -0.2) is 25.4 Å². The molecule has 0 aromatic rings. The summed E-state index contributed by atoms with van der Waals surface area (Å²) in [5.41, 5.74) is 0. The van der Waals surface area contributed by atoms with E-state index >= 15 is 0 Å². The van der Waals surface area contributed by atoms with Crippen LogP contribution in [0.4, 0.5) is 0 Å².